The summed E-state index contributed by atoms with van der Waals surface area (Å²) < 4.78 is 5.40. The maximum Gasteiger partial charge on any atom is 0.415 e. The molecule has 20 heavy (non-hydrogen) atoms. The van der Waals surface area contributed by atoms with Crippen molar-refractivity contribution in [3.8, 4) is 5.75 Å². The van der Waals surface area contributed by atoms with Crippen LogP contribution in [0.3, 0.4) is 0 Å². The Labute approximate surface area is 128 Å². The van der Waals surface area contributed by atoms with E-state index in [9.17, 15) is 4.79 Å². The predicted octanol–water partition coefficient (Wildman–Crippen LogP) is 3.57. The molecule has 0 aliphatic rings. The Morgan fingerprint density at radius 3 is 2.35 bits per heavy atom. The van der Waals surface area contributed by atoms with Crippen LogP contribution in [-0.4, -0.2) is 43.1 Å². The normalized spacial score (nSPS) is 11.7. The van der Waals surface area contributed by atoms with Crippen LogP contribution < -0.4 is 4.74 Å². The summed E-state index contributed by atoms with van der Waals surface area (Å²) in [5.41, 5.74) is 1.13. The number of halogens is 1. The SMILES string of the molecule is CCN(CC)C(=O)Oc1cccc(C(C)N(C)C)c1.Cl. The quantitative estimate of drug-likeness (QED) is 0.833. The van der Waals surface area contributed by atoms with Crippen LogP contribution in [0.15, 0.2) is 24.3 Å². The molecule has 1 rings (SSSR count). The maximum atomic E-state index is 11.9. The topological polar surface area (TPSA) is 32.8 Å². The first kappa shape index (κ1) is 18.7. The van der Waals surface area contributed by atoms with Crippen molar-refractivity contribution in [3.63, 3.8) is 0 Å². The van der Waals surface area contributed by atoms with Crippen LogP contribution in [0.1, 0.15) is 32.4 Å². The summed E-state index contributed by atoms with van der Waals surface area (Å²) >= 11 is 0. The Kier molecular flexibility index (Phi) is 8.26. The van der Waals surface area contributed by atoms with Gasteiger partial charge in [-0.25, -0.2) is 4.79 Å². The van der Waals surface area contributed by atoms with Crippen molar-refractivity contribution in [2.45, 2.75) is 26.8 Å². The molecule has 0 saturated heterocycles. The van der Waals surface area contributed by atoms with E-state index in [1.54, 1.807) is 4.90 Å². The smallest absolute Gasteiger partial charge is 0.410 e. The van der Waals surface area contributed by atoms with Gasteiger partial charge in [0.05, 0.1) is 0 Å². The molecule has 0 aromatic heterocycles. The largest absolute Gasteiger partial charge is 0.415 e. The van der Waals surface area contributed by atoms with Crippen molar-refractivity contribution < 1.29 is 9.53 Å². The van der Waals surface area contributed by atoms with Crippen molar-refractivity contribution in [1.82, 2.24) is 9.80 Å². The van der Waals surface area contributed by atoms with Gasteiger partial charge in [0.2, 0.25) is 0 Å². The summed E-state index contributed by atoms with van der Waals surface area (Å²) in [4.78, 5) is 15.7. The number of benzene rings is 1. The van der Waals surface area contributed by atoms with Gasteiger partial charge < -0.3 is 14.5 Å². The molecule has 0 spiro atoms. The fourth-order valence-corrected chi connectivity index (χ4v) is 1.78. The van der Waals surface area contributed by atoms with Gasteiger partial charge in [0, 0.05) is 19.1 Å². The lowest BCUT2D eigenvalue weighted by Gasteiger charge is -2.21. The molecule has 4 nitrogen and oxygen atoms in total. The van der Waals surface area contributed by atoms with Gasteiger partial charge in [0.1, 0.15) is 5.75 Å². The van der Waals surface area contributed by atoms with Crippen LogP contribution in [0.5, 0.6) is 5.75 Å². The first-order valence-electron chi connectivity index (χ1n) is 6.72. The Balaban J connectivity index is 0.00000361. The molecular formula is C15H25ClN2O2. The van der Waals surface area contributed by atoms with Crippen molar-refractivity contribution in [1.29, 1.82) is 0 Å². The fourth-order valence-electron chi connectivity index (χ4n) is 1.78. The number of nitrogens with zero attached hydrogens (tertiary/aromatic N) is 2. The summed E-state index contributed by atoms with van der Waals surface area (Å²) in [7, 11) is 4.05. The molecule has 0 aliphatic heterocycles. The predicted molar refractivity (Wildman–Crippen MR) is 84.7 cm³/mol. The monoisotopic (exact) mass is 300 g/mol. The second-order valence-corrected chi connectivity index (χ2v) is 4.75. The summed E-state index contributed by atoms with van der Waals surface area (Å²) in [5.74, 6) is 0.600. The fraction of sp³-hybridized carbons (Fsp3) is 0.533. The first-order chi connectivity index (χ1) is 8.99. The van der Waals surface area contributed by atoms with E-state index >= 15 is 0 Å². The minimum Gasteiger partial charge on any atom is -0.410 e. The summed E-state index contributed by atoms with van der Waals surface area (Å²) in [6, 6.07) is 7.98. The molecular weight excluding hydrogens is 276 g/mol. The van der Waals surface area contributed by atoms with Crippen LogP contribution in [-0.2, 0) is 0 Å². The zero-order valence-corrected chi connectivity index (χ0v) is 13.7. The van der Waals surface area contributed by atoms with Gasteiger partial charge in [0.15, 0.2) is 0 Å². The number of hydrogen-bond donors (Lipinski definition) is 0. The van der Waals surface area contributed by atoms with Crippen molar-refractivity contribution in [2.24, 2.45) is 0 Å². The van der Waals surface area contributed by atoms with E-state index in [0.717, 1.165) is 5.56 Å². The lowest BCUT2D eigenvalue weighted by molar-refractivity contribution is 0.157. The standard InChI is InChI=1S/C15H24N2O2.ClH/c1-6-17(7-2)15(18)19-14-10-8-9-13(11-14)12(3)16(4)5;/h8-12H,6-7H2,1-5H3;1H. The van der Waals surface area contributed by atoms with Crippen LogP contribution in [0, 0.1) is 0 Å². The molecule has 114 valence electrons. The van der Waals surface area contributed by atoms with Crippen molar-refractivity contribution in [3.05, 3.63) is 29.8 Å². The minimum absolute atomic E-state index is 0. The molecule has 0 fully saturated rings. The minimum atomic E-state index is -0.292. The first-order valence-corrected chi connectivity index (χ1v) is 6.72. The number of carbonyl (C=O) groups is 1. The molecule has 1 atom stereocenters. The van der Waals surface area contributed by atoms with Crippen LogP contribution in [0.25, 0.3) is 0 Å². The van der Waals surface area contributed by atoms with Gasteiger partial charge in [0.25, 0.3) is 0 Å². The molecule has 1 unspecified atom stereocenters. The number of amides is 1. The van der Waals surface area contributed by atoms with Crippen LogP contribution in [0.2, 0.25) is 0 Å². The lowest BCUT2D eigenvalue weighted by Crippen LogP contribution is -2.33. The Morgan fingerprint density at radius 1 is 1.25 bits per heavy atom. The lowest BCUT2D eigenvalue weighted by atomic mass is 10.1. The molecule has 0 saturated carbocycles. The second-order valence-electron chi connectivity index (χ2n) is 4.75. The molecule has 1 aromatic carbocycles. The third kappa shape index (κ3) is 5.02. The molecule has 0 aliphatic carbocycles. The van der Waals surface area contributed by atoms with E-state index in [0.29, 0.717) is 18.8 Å². The molecule has 0 N–H and O–H groups in total. The third-order valence-electron chi connectivity index (χ3n) is 3.34. The maximum absolute atomic E-state index is 11.9. The summed E-state index contributed by atoms with van der Waals surface area (Å²) in [6.45, 7) is 7.31. The van der Waals surface area contributed by atoms with Crippen LogP contribution >= 0.6 is 12.4 Å². The zero-order valence-electron chi connectivity index (χ0n) is 12.9. The van der Waals surface area contributed by atoms with Gasteiger partial charge in [-0.05, 0) is 52.6 Å². The van der Waals surface area contributed by atoms with Gasteiger partial charge in [-0.2, -0.15) is 0 Å². The second kappa shape index (κ2) is 8.82. The Hall–Kier alpha value is -1.26. The molecule has 1 amide bonds. The van der Waals surface area contributed by atoms with Gasteiger partial charge in [-0.1, -0.05) is 12.1 Å². The van der Waals surface area contributed by atoms with Crippen molar-refractivity contribution >= 4 is 18.5 Å². The van der Waals surface area contributed by atoms with E-state index in [2.05, 4.69) is 11.8 Å². The Morgan fingerprint density at radius 2 is 1.85 bits per heavy atom. The van der Waals surface area contributed by atoms with Gasteiger partial charge in [-0.15, -0.1) is 12.4 Å². The average molecular weight is 301 g/mol. The Bertz CT molecular complexity index is 420. The van der Waals surface area contributed by atoms with E-state index in [-0.39, 0.29) is 24.5 Å². The molecule has 5 heteroatoms. The highest BCUT2D eigenvalue weighted by Gasteiger charge is 2.13. The van der Waals surface area contributed by atoms with Gasteiger partial charge in [-0.3, -0.25) is 0 Å². The number of carbonyl (C=O) groups excluding carboxylic acids is 1. The van der Waals surface area contributed by atoms with E-state index in [1.165, 1.54) is 0 Å². The summed E-state index contributed by atoms with van der Waals surface area (Å²) in [6.07, 6.45) is -0.292. The highest BCUT2D eigenvalue weighted by Crippen LogP contribution is 2.22. The van der Waals surface area contributed by atoms with Crippen molar-refractivity contribution in [2.75, 3.05) is 27.2 Å². The third-order valence-corrected chi connectivity index (χ3v) is 3.34. The van der Waals surface area contributed by atoms with Gasteiger partial charge >= 0.3 is 6.09 Å². The molecule has 0 heterocycles. The summed E-state index contributed by atoms with van der Waals surface area (Å²) in [5, 5.41) is 0. The number of hydrogen-bond acceptors (Lipinski definition) is 3. The van der Waals surface area contributed by atoms with E-state index < -0.39 is 0 Å². The molecule has 0 bridgehead atoms. The highest BCUT2D eigenvalue weighted by atomic mass is 35.5. The number of ether oxygens (including phenoxy) is 1. The zero-order chi connectivity index (χ0) is 14.4. The van der Waals surface area contributed by atoms with Crippen LogP contribution in [0.4, 0.5) is 4.79 Å². The molecule has 0 radical (unpaired) electrons. The van der Waals surface area contributed by atoms with E-state index in [1.807, 2.05) is 52.2 Å². The average Bonchev–Trinajstić information content (AvgIpc) is 2.39. The van der Waals surface area contributed by atoms with E-state index in [4.69, 9.17) is 4.74 Å². The number of rotatable bonds is 5. The highest BCUT2D eigenvalue weighted by molar-refractivity contribution is 5.85. The molecule has 1 aromatic rings.